The van der Waals surface area contributed by atoms with E-state index in [0.29, 0.717) is 24.3 Å². The second kappa shape index (κ2) is 10.6. The van der Waals surface area contributed by atoms with E-state index in [9.17, 15) is 9.90 Å². The second-order valence-electron chi connectivity index (χ2n) is 8.85. The number of anilines is 1. The minimum atomic E-state index is -1.02. The Morgan fingerprint density at radius 1 is 0.944 bits per heavy atom. The standard InChI is InChI=1S/C30H29N3O3/c31-29(34)26-9-5-4-8-25(26)23-12-10-22(11-13-23)20-33-16-17-36-28-18-24(14-15-27(28)33)30(35)32-19-21-6-2-1-3-7-21/h1-15,18,29,34H,16-17,19-20,31H2,(H,32,35). The van der Waals surface area contributed by atoms with E-state index in [1.165, 1.54) is 0 Å². The summed E-state index contributed by atoms with van der Waals surface area (Å²) >= 11 is 0. The number of aliphatic hydroxyl groups excluding tert-OH is 1. The van der Waals surface area contributed by atoms with Crippen molar-refractivity contribution in [3.8, 4) is 16.9 Å². The Morgan fingerprint density at radius 3 is 2.47 bits per heavy atom. The molecule has 1 unspecified atom stereocenters. The van der Waals surface area contributed by atoms with Gasteiger partial charge in [0.05, 0.1) is 12.2 Å². The molecule has 1 atom stereocenters. The lowest BCUT2D eigenvalue weighted by atomic mass is 9.98. The van der Waals surface area contributed by atoms with Crippen molar-refractivity contribution in [1.82, 2.24) is 5.32 Å². The van der Waals surface area contributed by atoms with Crippen LogP contribution in [0.3, 0.4) is 0 Å². The molecule has 1 heterocycles. The van der Waals surface area contributed by atoms with E-state index in [0.717, 1.165) is 46.8 Å². The van der Waals surface area contributed by atoms with Gasteiger partial charge >= 0.3 is 0 Å². The highest BCUT2D eigenvalue weighted by atomic mass is 16.5. The van der Waals surface area contributed by atoms with Gasteiger partial charge in [0.15, 0.2) is 0 Å². The van der Waals surface area contributed by atoms with Crippen molar-refractivity contribution in [2.45, 2.75) is 19.3 Å². The van der Waals surface area contributed by atoms with Gasteiger partial charge in [0.2, 0.25) is 0 Å². The number of hydrogen-bond acceptors (Lipinski definition) is 5. The molecule has 1 aliphatic rings. The van der Waals surface area contributed by atoms with Crippen LogP contribution in [-0.2, 0) is 13.1 Å². The van der Waals surface area contributed by atoms with Gasteiger partial charge < -0.3 is 25.8 Å². The molecule has 1 amide bonds. The highest BCUT2D eigenvalue weighted by molar-refractivity contribution is 5.95. The van der Waals surface area contributed by atoms with E-state index < -0.39 is 6.23 Å². The molecule has 182 valence electrons. The van der Waals surface area contributed by atoms with Gasteiger partial charge in [-0.15, -0.1) is 0 Å². The predicted octanol–water partition coefficient (Wildman–Crippen LogP) is 4.63. The van der Waals surface area contributed by atoms with Crippen LogP contribution in [-0.4, -0.2) is 24.2 Å². The largest absolute Gasteiger partial charge is 0.490 e. The molecule has 5 rings (SSSR count). The predicted molar refractivity (Wildman–Crippen MR) is 142 cm³/mol. The molecule has 0 spiro atoms. The zero-order valence-corrected chi connectivity index (χ0v) is 19.9. The van der Waals surface area contributed by atoms with Gasteiger partial charge in [-0.25, -0.2) is 0 Å². The smallest absolute Gasteiger partial charge is 0.251 e. The summed E-state index contributed by atoms with van der Waals surface area (Å²) in [6, 6.07) is 31.4. The van der Waals surface area contributed by atoms with Gasteiger partial charge in [0.1, 0.15) is 18.6 Å². The van der Waals surface area contributed by atoms with Crippen LogP contribution in [0.4, 0.5) is 5.69 Å². The number of aliphatic hydroxyl groups is 1. The summed E-state index contributed by atoms with van der Waals surface area (Å²) in [6.45, 7) is 2.52. The molecular weight excluding hydrogens is 450 g/mol. The lowest BCUT2D eigenvalue weighted by Gasteiger charge is -2.31. The van der Waals surface area contributed by atoms with Crippen molar-refractivity contribution < 1.29 is 14.6 Å². The molecule has 0 aliphatic carbocycles. The molecule has 36 heavy (non-hydrogen) atoms. The highest BCUT2D eigenvalue weighted by Crippen LogP contribution is 2.34. The van der Waals surface area contributed by atoms with Crippen molar-refractivity contribution in [2.75, 3.05) is 18.1 Å². The number of amides is 1. The Labute approximate surface area is 211 Å². The van der Waals surface area contributed by atoms with Crippen LogP contribution in [0.2, 0.25) is 0 Å². The number of benzene rings is 4. The molecule has 4 aromatic rings. The lowest BCUT2D eigenvalue weighted by molar-refractivity contribution is 0.0950. The maximum absolute atomic E-state index is 12.7. The van der Waals surface area contributed by atoms with Gasteiger partial charge in [0, 0.05) is 24.2 Å². The van der Waals surface area contributed by atoms with Crippen LogP contribution in [0, 0.1) is 0 Å². The average Bonchev–Trinajstić information content (AvgIpc) is 2.92. The summed E-state index contributed by atoms with van der Waals surface area (Å²) in [7, 11) is 0. The molecule has 4 N–H and O–H groups in total. The Morgan fingerprint density at radius 2 is 1.69 bits per heavy atom. The van der Waals surface area contributed by atoms with Crippen molar-refractivity contribution in [1.29, 1.82) is 0 Å². The number of nitrogens with one attached hydrogen (secondary N) is 1. The summed E-state index contributed by atoms with van der Waals surface area (Å²) in [5.41, 5.74) is 12.1. The monoisotopic (exact) mass is 479 g/mol. The third-order valence-electron chi connectivity index (χ3n) is 6.40. The molecule has 6 nitrogen and oxygen atoms in total. The lowest BCUT2D eigenvalue weighted by Crippen LogP contribution is -2.32. The van der Waals surface area contributed by atoms with Crippen molar-refractivity contribution in [2.24, 2.45) is 5.73 Å². The fourth-order valence-corrected chi connectivity index (χ4v) is 4.49. The zero-order chi connectivity index (χ0) is 24.9. The zero-order valence-electron chi connectivity index (χ0n) is 19.9. The fraction of sp³-hybridized carbons (Fsp3) is 0.167. The first-order valence-corrected chi connectivity index (χ1v) is 12.0. The van der Waals surface area contributed by atoms with Gasteiger partial charge in [-0.1, -0.05) is 78.9 Å². The summed E-state index contributed by atoms with van der Waals surface area (Å²) in [6.07, 6.45) is -1.02. The van der Waals surface area contributed by atoms with Crippen LogP contribution < -0.4 is 20.7 Å². The number of nitrogens with zero attached hydrogens (tertiary/aromatic N) is 1. The number of ether oxygens (including phenoxy) is 1. The number of hydrogen-bond donors (Lipinski definition) is 3. The molecular formula is C30H29N3O3. The van der Waals surface area contributed by atoms with E-state index in [-0.39, 0.29) is 5.91 Å². The Kier molecular flexibility index (Phi) is 6.98. The number of fused-ring (bicyclic) bond motifs is 1. The Balaban J connectivity index is 1.28. The highest BCUT2D eigenvalue weighted by Gasteiger charge is 2.20. The fourth-order valence-electron chi connectivity index (χ4n) is 4.49. The van der Waals surface area contributed by atoms with Gasteiger partial charge in [-0.3, -0.25) is 4.79 Å². The van der Waals surface area contributed by atoms with E-state index >= 15 is 0 Å². The van der Waals surface area contributed by atoms with E-state index in [4.69, 9.17) is 10.5 Å². The topological polar surface area (TPSA) is 87.8 Å². The third kappa shape index (κ3) is 5.25. The maximum Gasteiger partial charge on any atom is 0.251 e. The molecule has 1 aliphatic heterocycles. The minimum Gasteiger partial charge on any atom is -0.490 e. The first-order chi connectivity index (χ1) is 17.6. The first kappa shape index (κ1) is 23.6. The average molecular weight is 480 g/mol. The third-order valence-corrected chi connectivity index (χ3v) is 6.40. The van der Waals surface area contributed by atoms with E-state index in [2.05, 4.69) is 34.5 Å². The quantitative estimate of drug-likeness (QED) is 0.336. The van der Waals surface area contributed by atoms with Gasteiger partial charge in [-0.2, -0.15) is 0 Å². The van der Waals surface area contributed by atoms with E-state index in [1.807, 2.05) is 72.8 Å². The summed E-state index contributed by atoms with van der Waals surface area (Å²) in [5.74, 6) is 0.594. The summed E-state index contributed by atoms with van der Waals surface area (Å²) in [5, 5.41) is 12.9. The Hall–Kier alpha value is -4.13. The summed E-state index contributed by atoms with van der Waals surface area (Å²) in [4.78, 5) is 14.9. The number of nitrogens with two attached hydrogens (primary N) is 1. The van der Waals surface area contributed by atoms with Gasteiger partial charge in [0.25, 0.3) is 5.91 Å². The van der Waals surface area contributed by atoms with E-state index in [1.54, 1.807) is 0 Å². The first-order valence-electron chi connectivity index (χ1n) is 12.0. The van der Waals surface area contributed by atoms with Crippen LogP contribution in [0.15, 0.2) is 97.1 Å². The molecule has 0 saturated carbocycles. The van der Waals surface area contributed by atoms with Crippen molar-refractivity contribution in [3.05, 3.63) is 119 Å². The number of rotatable bonds is 7. The van der Waals surface area contributed by atoms with Crippen molar-refractivity contribution >= 4 is 11.6 Å². The van der Waals surface area contributed by atoms with Crippen molar-refractivity contribution in [3.63, 3.8) is 0 Å². The summed E-state index contributed by atoms with van der Waals surface area (Å²) < 4.78 is 5.90. The van der Waals surface area contributed by atoms with Crippen LogP contribution in [0.1, 0.15) is 33.3 Å². The maximum atomic E-state index is 12.7. The van der Waals surface area contributed by atoms with Gasteiger partial charge in [-0.05, 0) is 40.5 Å². The number of carbonyl (C=O) groups excluding carboxylic acids is 1. The molecule has 6 heteroatoms. The molecule has 0 saturated heterocycles. The molecule has 0 aromatic heterocycles. The normalized spacial score (nSPS) is 13.4. The Bertz CT molecular complexity index is 1340. The molecule has 0 radical (unpaired) electrons. The van der Waals surface area contributed by atoms with Crippen LogP contribution >= 0.6 is 0 Å². The second-order valence-corrected chi connectivity index (χ2v) is 8.85. The van der Waals surface area contributed by atoms with Crippen LogP contribution in [0.5, 0.6) is 5.75 Å². The molecule has 0 fully saturated rings. The molecule has 4 aromatic carbocycles. The SMILES string of the molecule is NC(O)c1ccccc1-c1ccc(CN2CCOc3cc(C(=O)NCc4ccccc4)ccc32)cc1. The molecule has 0 bridgehead atoms. The van der Waals surface area contributed by atoms with Crippen LogP contribution in [0.25, 0.3) is 11.1 Å². The minimum absolute atomic E-state index is 0.124. The number of carbonyl (C=O) groups is 1.